The standard InChI is InChI=1S/C10H5BO3/c11-5-1-2-6-7(3-5)8(12)4-9(13)10(6)14/h1-4,12H. The lowest BCUT2D eigenvalue weighted by Crippen LogP contribution is -2.20. The molecular weight excluding hydrogens is 179 g/mol. The fourth-order valence-electron chi connectivity index (χ4n) is 1.37. The van der Waals surface area contributed by atoms with Gasteiger partial charge < -0.3 is 5.11 Å². The Morgan fingerprint density at radius 3 is 2.57 bits per heavy atom. The minimum absolute atomic E-state index is 0.198. The van der Waals surface area contributed by atoms with Crippen molar-refractivity contribution < 1.29 is 14.7 Å². The van der Waals surface area contributed by atoms with Crippen LogP contribution in [0.1, 0.15) is 15.9 Å². The van der Waals surface area contributed by atoms with E-state index in [0.717, 1.165) is 6.08 Å². The molecule has 2 radical (unpaired) electrons. The summed E-state index contributed by atoms with van der Waals surface area (Å²) in [4.78, 5) is 22.4. The van der Waals surface area contributed by atoms with E-state index in [9.17, 15) is 14.7 Å². The van der Waals surface area contributed by atoms with E-state index >= 15 is 0 Å². The first-order valence-electron chi connectivity index (χ1n) is 3.99. The fourth-order valence-corrected chi connectivity index (χ4v) is 1.37. The van der Waals surface area contributed by atoms with Crippen LogP contribution in [-0.4, -0.2) is 24.5 Å². The lowest BCUT2D eigenvalue weighted by Gasteiger charge is -2.12. The molecule has 0 heterocycles. The zero-order valence-electron chi connectivity index (χ0n) is 7.15. The summed E-state index contributed by atoms with van der Waals surface area (Å²) in [5.74, 6) is -1.53. The van der Waals surface area contributed by atoms with Crippen molar-refractivity contribution in [1.82, 2.24) is 0 Å². The zero-order chi connectivity index (χ0) is 10.3. The van der Waals surface area contributed by atoms with Crippen molar-refractivity contribution in [2.24, 2.45) is 0 Å². The summed E-state index contributed by atoms with van der Waals surface area (Å²) >= 11 is 0. The normalized spacial score (nSPS) is 15.0. The first-order valence-corrected chi connectivity index (χ1v) is 3.99. The van der Waals surface area contributed by atoms with Gasteiger partial charge in [-0.2, -0.15) is 0 Å². The summed E-state index contributed by atoms with van der Waals surface area (Å²) in [6.45, 7) is 0. The van der Waals surface area contributed by atoms with E-state index in [-0.39, 0.29) is 11.3 Å². The van der Waals surface area contributed by atoms with Gasteiger partial charge in [-0.25, -0.2) is 0 Å². The second-order valence-corrected chi connectivity index (χ2v) is 3.03. The number of carbonyl (C=O) groups excluding carboxylic acids is 2. The molecule has 66 valence electrons. The molecule has 0 aromatic heterocycles. The third kappa shape index (κ3) is 1.16. The van der Waals surface area contributed by atoms with Gasteiger partial charge in [0.05, 0.1) is 0 Å². The first-order chi connectivity index (χ1) is 6.59. The van der Waals surface area contributed by atoms with E-state index in [1.54, 1.807) is 0 Å². The van der Waals surface area contributed by atoms with Crippen LogP contribution < -0.4 is 5.46 Å². The first kappa shape index (κ1) is 8.75. The molecule has 4 heteroatoms. The van der Waals surface area contributed by atoms with Crippen LogP contribution >= 0.6 is 0 Å². The molecular formula is C10H5BO3. The summed E-state index contributed by atoms with van der Waals surface area (Å²) in [5, 5.41) is 9.41. The lowest BCUT2D eigenvalue weighted by atomic mass is 9.87. The molecule has 14 heavy (non-hydrogen) atoms. The van der Waals surface area contributed by atoms with Gasteiger partial charge in [0.15, 0.2) is 0 Å². The number of allylic oxidation sites excluding steroid dienone is 1. The molecule has 0 saturated carbocycles. The van der Waals surface area contributed by atoms with E-state index in [4.69, 9.17) is 7.85 Å². The van der Waals surface area contributed by atoms with Gasteiger partial charge in [-0.1, -0.05) is 23.7 Å². The molecule has 1 aliphatic carbocycles. The molecule has 3 nitrogen and oxygen atoms in total. The number of fused-ring (bicyclic) bond motifs is 1. The third-order valence-corrected chi connectivity index (χ3v) is 2.06. The summed E-state index contributed by atoms with van der Waals surface area (Å²) in [7, 11) is 5.49. The maximum Gasteiger partial charge on any atom is 0.233 e. The molecule has 0 unspecified atom stereocenters. The number of benzene rings is 1. The molecule has 0 amide bonds. The lowest BCUT2D eigenvalue weighted by molar-refractivity contribution is -0.111. The van der Waals surface area contributed by atoms with Gasteiger partial charge in [-0.3, -0.25) is 9.59 Å². The minimum Gasteiger partial charge on any atom is -0.507 e. The second-order valence-electron chi connectivity index (χ2n) is 3.03. The Morgan fingerprint density at radius 2 is 1.86 bits per heavy atom. The minimum atomic E-state index is -0.709. The predicted octanol–water partition coefficient (Wildman–Crippen LogP) is 0.145. The number of aliphatic hydroxyl groups is 1. The fraction of sp³-hybridized carbons (Fsp3) is 0. The Bertz CT molecular complexity index is 474. The van der Waals surface area contributed by atoms with Gasteiger partial charge in [0.25, 0.3) is 0 Å². The van der Waals surface area contributed by atoms with Crippen molar-refractivity contribution in [3.8, 4) is 0 Å². The summed E-state index contributed by atoms with van der Waals surface area (Å²) < 4.78 is 0. The Labute approximate surface area is 81.5 Å². The van der Waals surface area contributed by atoms with Crippen molar-refractivity contribution in [3.05, 3.63) is 35.4 Å². The van der Waals surface area contributed by atoms with Crippen LogP contribution in [0.4, 0.5) is 0 Å². The Morgan fingerprint density at radius 1 is 1.14 bits per heavy atom. The zero-order valence-corrected chi connectivity index (χ0v) is 7.15. The highest BCUT2D eigenvalue weighted by atomic mass is 16.3. The van der Waals surface area contributed by atoms with Crippen LogP contribution in [0.5, 0.6) is 0 Å². The summed E-state index contributed by atoms with van der Waals surface area (Å²) in [6.07, 6.45) is 0.907. The van der Waals surface area contributed by atoms with Crippen LogP contribution in [0.2, 0.25) is 0 Å². The van der Waals surface area contributed by atoms with E-state index in [0.29, 0.717) is 11.0 Å². The van der Waals surface area contributed by atoms with Gasteiger partial charge >= 0.3 is 0 Å². The molecule has 0 spiro atoms. The average Bonchev–Trinajstić information content (AvgIpc) is 2.14. The Hall–Kier alpha value is -1.84. The van der Waals surface area contributed by atoms with Crippen molar-refractivity contribution in [2.75, 3.05) is 0 Å². The summed E-state index contributed by atoms with van der Waals surface area (Å²) in [6, 6.07) is 4.42. The smallest absolute Gasteiger partial charge is 0.233 e. The van der Waals surface area contributed by atoms with Crippen LogP contribution in [0.3, 0.4) is 0 Å². The molecule has 0 fully saturated rings. The molecule has 2 rings (SSSR count). The van der Waals surface area contributed by atoms with Crippen LogP contribution in [0.25, 0.3) is 5.76 Å². The highest BCUT2D eigenvalue weighted by Crippen LogP contribution is 2.21. The Kier molecular flexibility index (Phi) is 1.77. The van der Waals surface area contributed by atoms with Gasteiger partial charge in [0.2, 0.25) is 11.6 Å². The van der Waals surface area contributed by atoms with Crippen LogP contribution in [-0.2, 0) is 4.79 Å². The van der Waals surface area contributed by atoms with E-state index < -0.39 is 11.6 Å². The van der Waals surface area contributed by atoms with Gasteiger partial charge in [0.1, 0.15) is 13.6 Å². The molecule has 0 atom stereocenters. The highest BCUT2D eigenvalue weighted by Gasteiger charge is 2.25. The molecule has 0 bridgehead atoms. The second kappa shape index (κ2) is 2.84. The van der Waals surface area contributed by atoms with Crippen LogP contribution in [0, 0.1) is 0 Å². The van der Waals surface area contributed by atoms with Crippen LogP contribution in [0.15, 0.2) is 24.3 Å². The van der Waals surface area contributed by atoms with E-state index in [1.165, 1.54) is 18.2 Å². The number of rotatable bonds is 0. The Balaban J connectivity index is 2.72. The summed E-state index contributed by atoms with van der Waals surface area (Å²) in [5.41, 5.74) is 0.949. The van der Waals surface area contributed by atoms with E-state index in [2.05, 4.69) is 0 Å². The van der Waals surface area contributed by atoms with E-state index in [1.807, 2.05) is 0 Å². The van der Waals surface area contributed by atoms with Crippen molar-refractivity contribution in [3.63, 3.8) is 0 Å². The molecule has 0 saturated heterocycles. The van der Waals surface area contributed by atoms with Gasteiger partial charge in [-0.15, -0.1) is 0 Å². The maximum absolute atomic E-state index is 11.3. The number of ketones is 2. The SMILES string of the molecule is [B]c1ccc2c(c1)C(O)=CC(=O)C2=O. The number of Topliss-reactive ketones (excluding diaryl/α,β-unsaturated/α-hetero) is 1. The quantitative estimate of drug-likeness (QED) is 0.461. The largest absolute Gasteiger partial charge is 0.507 e. The predicted molar refractivity (Wildman–Crippen MR) is 51.8 cm³/mol. The monoisotopic (exact) mass is 184 g/mol. The van der Waals surface area contributed by atoms with Crippen molar-refractivity contribution in [1.29, 1.82) is 0 Å². The van der Waals surface area contributed by atoms with Crippen molar-refractivity contribution in [2.45, 2.75) is 0 Å². The van der Waals surface area contributed by atoms with Gasteiger partial charge in [0, 0.05) is 17.2 Å². The molecule has 0 aliphatic heterocycles. The average molecular weight is 184 g/mol. The molecule has 1 aromatic rings. The molecule has 1 aliphatic rings. The number of aliphatic hydroxyl groups excluding tert-OH is 1. The number of hydrogen-bond acceptors (Lipinski definition) is 3. The topological polar surface area (TPSA) is 54.4 Å². The number of hydrogen-bond donors (Lipinski definition) is 1. The van der Waals surface area contributed by atoms with Crippen molar-refractivity contribution >= 4 is 30.6 Å². The van der Waals surface area contributed by atoms with Gasteiger partial charge in [-0.05, 0) is 0 Å². The highest BCUT2D eigenvalue weighted by molar-refractivity contribution is 6.50. The maximum atomic E-state index is 11.3. The third-order valence-electron chi connectivity index (χ3n) is 2.06. The molecule has 1 N–H and O–H groups in total. The molecule has 1 aromatic carbocycles. The number of carbonyl (C=O) groups is 2.